The topological polar surface area (TPSA) is 6.48 Å². The van der Waals surface area contributed by atoms with Crippen molar-refractivity contribution in [1.29, 1.82) is 0 Å². The zero-order valence-corrected chi connectivity index (χ0v) is 44.7. The van der Waals surface area contributed by atoms with Gasteiger partial charge < -0.3 is 9.71 Å². The second kappa shape index (κ2) is 13.9. The monoisotopic (exact) mass is 917 g/mol. The van der Waals surface area contributed by atoms with Crippen LogP contribution < -0.4 is 20.6 Å². The molecule has 3 aliphatic carbocycles. The molecule has 7 aromatic carbocycles. The highest BCUT2D eigenvalue weighted by Gasteiger charge is 2.64. The Kier molecular flexibility index (Phi) is 8.82. The van der Waals surface area contributed by atoms with Crippen LogP contribution in [-0.2, 0) is 32.5 Å². The SMILES string of the molecule is CC(C)(C)c1ccc(N2c3ccc4c(c3B3c5c2cc2ccccc2c5-c2cc(C(C)(C)C)cc5c2N3C2(C)CCCCC52C)C(C)(C)c2cc3c(cc2-4)C(C)(C)CCC3(C)C)c(-c2ccccc2)c1. The largest absolute Gasteiger partial charge is 0.400 e. The molecule has 1 fully saturated rings. The smallest absolute Gasteiger partial charge is 0.329 e. The highest BCUT2D eigenvalue weighted by molar-refractivity contribution is 6.94. The van der Waals surface area contributed by atoms with Gasteiger partial charge in [0.05, 0.1) is 5.69 Å². The zero-order valence-electron chi connectivity index (χ0n) is 44.7. The Bertz CT molecular complexity index is 3430. The molecule has 3 heterocycles. The predicted octanol–water partition coefficient (Wildman–Crippen LogP) is 16.7. The normalized spacial score (nSPS) is 22.7. The number of rotatable bonds is 2. The van der Waals surface area contributed by atoms with Crippen molar-refractivity contribution in [1.82, 2.24) is 0 Å². The average molecular weight is 917 g/mol. The summed E-state index contributed by atoms with van der Waals surface area (Å²) >= 11 is 0. The number of hydrogen-bond donors (Lipinski definition) is 0. The van der Waals surface area contributed by atoms with Gasteiger partial charge in [-0.1, -0.05) is 182 Å². The molecule has 7 aromatic rings. The molecule has 0 amide bonds. The van der Waals surface area contributed by atoms with Crippen LogP contribution in [0.15, 0.2) is 115 Å². The van der Waals surface area contributed by atoms with Crippen LogP contribution in [0, 0.1) is 0 Å². The van der Waals surface area contributed by atoms with Gasteiger partial charge in [-0.25, -0.2) is 0 Å². The Morgan fingerprint density at radius 1 is 0.486 bits per heavy atom. The van der Waals surface area contributed by atoms with Crippen molar-refractivity contribution in [2.75, 3.05) is 9.71 Å². The van der Waals surface area contributed by atoms with Gasteiger partial charge in [0.2, 0.25) is 0 Å². The summed E-state index contributed by atoms with van der Waals surface area (Å²) in [6.45, 7) is 34.8. The fourth-order valence-corrected chi connectivity index (χ4v) is 15.3. The lowest BCUT2D eigenvalue weighted by atomic mass is 9.40. The quantitative estimate of drug-likeness (QED) is 0.159. The van der Waals surface area contributed by atoms with Crippen LogP contribution in [-0.4, -0.2) is 12.4 Å². The molecule has 3 aliphatic heterocycles. The van der Waals surface area contributed by atoms with Crippen molar-refractivity contribution < 1.29 is 0 Å². The van der Waals surface area contributed by atoms with Crippen LogP contribution in [0.5, 0.6) is 0 Å². The van der Waals surface area contributed by atoms with Crippen LogP contribution in [0.4, 0.5) is 22.7 Å². The molecule has 0 aromatic heterocycles. The van der Waals surface area contributed by atoms with Crippen LogP contribution in [0.25, 0.3) is 44.2 Å². The molecule has 70 heavy (non-hydrogen) atoms. The van der Waals surface area contributed by atoms with E-state index in [1.54, 1.807) is 16.7 Å². The molecule has 354 valence electrons. The molecule has 2 atom stereocenters. The molecule has 2 nitrogen and oxygen atoms in total. The van der Waals surface area contributed by atoms with E-state index in [0.717, 1.165) is 0 Å². The van der Waals surface area contributed by atoms with Gasteiger partial charge in [0.1, 0.15) is 0 Å². The number of nitrogens with zero attached hydrogens (tertiary/aromatic N) is 2. The molecule has 0 saturated heterocycles. The van der Waals surface area contributed by atoms with Crippen molar-refractivity contribution in [3.8, 4) is 33.4 Å². The lowest BCUT2D eigenvalue weighted by Crippen LogP contribution is -2.71. The molecular formula is C67H73BN2. The van der Waals surface area contributed by atoms with Gasteiger partial charge in [0.25, 0.3) is 0 Å². The van der Waals surface area contributed by atoms with Crippen molar-refractivity contribution in [2.24, 2.45) is 0 Å². The number of fused-ring (bicyclic) bond motifs is 14. The Morgan fingerprint density at radius 2 is 1.13 bits per heavy atom. The maximum absolute atomic E-state index is 3.08. The van der Waals surface area contributed by atoms with E-state index in [2.05, 4.69) is 222 Å². The van der Waals surface area contributed by atoms with Gasteiger partial charge in [-0.05, 0) is 174 Å². The minimum absolute atomic E-state index is 0.0117. The van der Waals surface area contributed by atoms with Gasteiger partial charge in [-0.3, -0.25) is 0 Å². The third-order valence-corrected chi connectivity index (χ3v) is 19.7. The van der Waals surface area contributed by atoms with Gasteiger partial charge in [0.15, 0.2) is 0 Å². The number of anilines is 4. The molecule has 3 heteroatoms. The van der Waals surface area contributed by atoms with Crippen LogP contribution in [0.2, 0.25) is 0 Å². The van der Waals surface area contributed by atoms with E-state index in [1.807, 2.05) is 0 Å². The average Bonchev–Trinajstić information content (AvgIpc) is 3.67. The summed E-state index contributed by atoms with van der Waals surface area (Å²) in [6, 6.07) is 46.4. The standard InChI is InChI=1S/C67H73BN2/c1-61(2,3)42-26-28-53(46(35-42)40-22-16-15-17-23-40)69-54-29-27-45-47-38-50-51(64(9,10)33-32-63(50,7)8)39-49(47)65(11,12)57(45)59(54)68-58-55(69)34-41-24-18-19-25-44(41)56(58)48-36-43(62(4,5)6)37-52-60(48)70(68)67(14)31-21-20-30-66(52,67)13/h15-19,22-29,34-39H,20-21,30-33H2,1-14H3. The van der Waals surface area contributed by atoms with Gasteiger partial charge >= 0.3 is 6.85 Å². The second-order valence-corrected chi connectivity index (χ2v) is 27.1. The van der Waals surface area contributed by atoms with E-state index < -0.39 is 0 Å². The minimum atomic E-state index is -0.253. The summed E-state index contributed by atoms with van der Waals surface area (Å²) in [5, 5.41) is 2.67. The third kappa shape index (κ3) is 5.64. The van der Waals surface area contributed by atoms with Crippen molar-refractivity contribution in [3.63, 3.8) is 0 Å². The molecule has 0 radical (unpaired) electrons. The minimum Gasteiger partial charge on any atom is -0.400 e. The first-order valence-corrected chi connectivity index (χ1v) is 26.9. The maximum Gasteiger partial charge on any atom is 0.329 e. The fraction of sp³-hybridized carbons (Fsp3) is 0.403. The Balaban J connectivity index is 1.21. The van der Waals surface area contributed by atoms with Crippen molar-refractivity contribution >= 4 is 51.3 Å². The molecule has 1 saturated carbocycles. The Labute approximate surface area is 420 Å². The molecular weight excluding hydrogens is 844 g/mol. The zero-order chi connectivity index (χ0) is 49.0. The van der Waals surface area contributed by atoms with E-state index in [-0.39, 0.29) is 44.9 Å². The summed E-state index contributed by atoms with van der Waals surface area (Å²) in [7, 11) is 0. The fourth-order valence-electron chi connectivity index (χ4n) is 15.3. The molecule has 2 unspecified atom stereocenters. The van der Waals surface area contributed by atoms with Gasteiger partial charge in [-0.15, -0.1) is 0 Å². The number of hydrogen-bond acceptors (Lipinski definition) is 2. The van der Waals surface area contributed by atoms with Crippen molar-refractivity contribution in [2.45, 2.75) is 173 Å². The summed E-state index contributed by atoms with van der Waals surface area (Å²) < 4.78 is 0. The summed E-state index contributed by atoms with van der Waals surface area (Å²) in [5.41, 5.74) is 27.0. The Morgan fingerprint density at radius 3 is 1.84 bits per heavy atom. The molecule has 6 aliphatic rings. The van der Waals surface area contributed by atoms with E-state index in [9.17, 15) is 0 Å². The van der Waals surface area contributed by atoms with E-state index in [1.165, 1.54) is 139 Å². The third-order valence-electron chi connectivity index (χ3n) is 19.7. The molecule has 0 N–H and O–H groups in total. The van der Waals surface area contributed by atoms with Crippen LogP contribution in [0.3, 0.4) is 0 Å². The first-order chi connectivity index (χ1) is 33.0. The highest BCUT2D eigenvalue weighted by atomic mass is 15.2. The Hall–Kier alpha value is -5.54. The van der Waals surface area contributed by atoms with E-state index in [0.29, 0.717) is 0 Å². The summed E-state index contributed by atoms with van der Waals surface area (Å²) in [6.07, 6.45) is 7.33. The van der Waals surface area contributed by atoms with Crippen molar-refractivity contribution in [3.05, 3.63) is 154 Å². The lowest BCUT2D eigenvalue weighted by molar-refractivity contribution is 0.199. The van der Waals surface area contributed by atoms with Crippen LogP contribution >= 0.6 is 0 Å². The maximum atomic E-state index is 3.08. The second-order valence-electron chi connectivity index (χ2n) is 27.1. The molecule has 13 rings (SSSR count). The first-order valence-electron chi connectivity index (χ1n) is 26.9. The molecule has 0 bridgehead atoms. The summed E-state index contributed by atoms with van der Waals surface area (Å²) in [4.78, 5) is 5.83. The summed E-state index contributed by atoms with van der Waals surface area (Å²) in [5.74, 6) is 0. The van der Waals surface area contributed by atoms with E-state index in [4.69, 9.17) is 0 Å². The lowest BCUT2D eigenvalue weighted by Gasteiger charge is -2.55. The van der Waals surface area contributed by atoms with Crippen LogP contribution in [0.1, 0.15) is 174 Å². The number of benzene rings is 7. The predicted molar refractivity (Wildman–Crippen MR) is 301 cm³/mol. The first kappa shape index (κ1) is 44.4. The highest BCUT2D eigenvalue weighted by Crippen LogP contribution is 2.65. The van der Waals surface area contributed by atoms with Gasteiger partial charge in [0, 0.05) is 44.6 Å². The van der Waals surface area contributed by atoms with E-state index >= 15 is 0 Å². The molecule has 0 spiro atoms. The van der Waals surface area contributed by atoms with Gasteiger partial charge in [-0.2, -0.15) is 0 Å².